The van der Waals surface area contributed by atoms with Gasteiger partial charge in [0.25, 0.3) is 5.91 Å². The molecule has 0 bridgehead atoms. The van der Waals surface area contributed by atoms with Crippen LogP contribution in [0.3, 0.4) is 0 Å². The van der Waals surface area contributed by atoms with E-state index in [0.717, 1.165) is 17.3 Å². The summed E-state index contributed by atoms with van der Waals surface area (Å²) in [6, 6.07) is 6.67. The number of piperidine rings is 1. The molecule has 0 radical (unpaired) electrons. The number of carboxylic acid groups (broad SMARTS) is 1. The summed E-state index contributed by atoms with van der Waals surface area (Å²) in [6.45, 7) is 2.53. The van der Waals surface area contributed by atoms with E-state index in [2.05, 4.69) is 4.98 Å². The number of aliphatic carboxylic acids is 1. The molecule has 2 N–H and O–H groups in total. The number of benzene rings is 1. The monoisotopic (exact) mass is 286 g/mol. The molecule has 2 heterocycles. The van der Waals surface area contributed by atoms with Gasteiger partial charge in [-0.15, -0.1) is 0 Å². The van der Waals surface area contributed by atoms with Gasteiger partial charge < -0.3 is 15.0 Å². The second-order valence-electron chi connectivity index (χ2n) is 5.73. The van der Waals surface area contributed by atoms with Crippen LogP contribution >= 0.6 is 0 Å². The van der Waals surface area contributed by atoms with Crippen molar-refractivity contribution in [3.05, 3.63) is 36.0 Å². The summed E-state index contributed by atoms with van der Waals surface area (Å²) in [5.74, 6) is -0.799. The van der Waals surface area contributed by atoms with E-state index in [1.54, 1.807) is 12.3 Å². The number of carbonyl (C=O) groups is 2. The topological polar surface area (TPSA) is 73.4 Å². The summed E-state index contributed by atoms with van der Waals surface area (Å²) in [7, 11) is 0. The van der Waals surface area contributed by atoms with Gasteiger partial charge in [-0.05, 0) is 30.9 Å². The smallest absolute Gasteiger partial charge is 0.326 e. The first-order chi connectivity index (χ1) is 10.1. The van der Waals surface area contributed by atoms with Gasteiger partial charge in [0.05, 0.1) is 11.1 Å². The van der Waals surface area contributed by atoms with Crippen LogP contribution in [0.2, 0.25) is 0 Å². The Balaban J connectivity index is 1.97. The maximum absolute atomic E-state index is 12.8. The number of amides is 1. The average Bonchev–Trinajstić information content (AvgIpc) is 2.94. The number of para-hydroxylation sites is 1. The lowest BCUT2D eigenvalue weighted by Crippen LogP contribution is -2.49. The van der Waals surface area contributed by atoms with E-state index < -0.39 is 12.0 Å². The van der Waals surface area contributed by atoms with Crippen molar-refractivity contribution in [3.63, 3.8) is 0 Å². The van der Waals surface area contributed by atoms with Crippen molar-refractivity contribution in [1.29, 1.82) is 0 Å². The zero-order chi connectivity index (χ0) is 15.0. The van der Waals surface area contributed by atoms with Crippen LogP contribution in [0.25, 0.3) is 10.9 Å². The number of hydrogen-bond donors (Lipinski definition) is 2. The Morgan fingerprint density at radius 3 is 2.90 bits per heavy atom. The molecule has 1 aromatic heterocycles. The number of nitrogens with zero attached hydrogens (tertiary/aromatic N) is 1. The summed E-state index contributed by atoms with van der Waals surface area (Å²) >= 11 is 0. The molecule has 110 valence electrons. The minimum atomic E-state index is -0.923. The highest BCUT2D eigenvalue weighted by atomic mass is 16.4. The van der Waals surface area contributed by atoms with E-state index in [1.165, 1.54) is 4.90 Å². The molecule has 5 nitrogen and oxygen atoms in total. The number of carboxylic acids is 1. The first-order valence-electron chi connectivity index (χ1n) is 7.18. The largest absolute Gasteiger partial charge is 0.480 e. The summed E-state index contributed by atoms with van der Waals surface area (Å²) < 4.78 is 0. The van der Waals surface area contributed by atoms with Crippen LogP contribution in [0.4, 0.5) is 0 Å². The van der Waals surface area contributed by atoms with Crippen molar-refractivity contribution >= 4 is 22.8 Å². The second-order valence-corrected chi connectivity index (χ2v) is 5.73. The van der Waals surface area contributed by atoms with E-state index >= 15 is 0 Å². The average molecular weight is 286 g/mol. The van der Waals surface area contributed by atoms with Gasteiger partial charge in [0.2, 0.25) is 0 Å². The van der Waals surface area contributed by atoms with E-state index in [0.29, 0.717) is 24.4 Å². The molecule has 1 aromatic carbocycles. The molecule has 0 saturated carbocycles. The van der Waals surface area contributed by atoms with E-state index in [9.17, 15) is 14.7 Å². The molecule has 2 unspecified atom stereocenters. The summed E-state index contributed by atoms with van der Waals surface area (Å²) in [5, 5.41) is 10.4. The molecule has 0 aliphatic carbocycles. The molecule has 21 heavy (non-hydrogen) atoms. The van der Waals surface area contributed by atoms with Crippen molar-refractivity contribution in [3.8, 4) is 0 Å². The van der Waals surface area contributed by atoms with Gasteiger partial charge in [0.15, 0.2) is 0 Å². The molecule has 2 atom stereocenters. The van der Waals surface area contributed by atoms with Gasteiger partial charge in [-0.2, -0.15) is 0 Å². The van der Waals surface area contributed by atoms with Gasteiger partial charge in [-0.3, -0.25) is 4.79 Å². The van der Waals surface area contributed by atoms with Crippen molar-refractivity contribution in [2.24, 2.45) is 5.92 Å². The van der Waals surface area contributed by atoms with Gasteiger partial charge in [0, 0.05) is 18.1 Å². The normalized spacial score (nSPS) is 22.4. The molecule has 0 spiro atoms. The maximum Gasteiger partial charge on any atom is 0.326 e. The molecule has 3 rings (SSSR count). The van der Waals surface area contributed by atoms with Crippen LogP contribution in [-0.2, 0) is 4.79 Å². The minimum Gasteiger partial charge on any atom is -0.480 e. The van der Waals surface area contributed by atoms with Crippen molar-refractivity contribution in [2.75, 3.05) is 6.54 Å². The number of nitrogens with one attached hydrogen (secondary N) is 1. The molecular formula is C16H18N2O3. The number of likely N-dealkylation sites (tertiary alicyclic amines) is 1. The molecule has 1 fully saturated rings. The van der Waals surface area contributed by atoms with Crippen molar-refractivity contribution < 1.29 is 14.7 Å². The molecule has 5 heteroatoms. The Labute approximate surface area is 122 Å². The fourth-order valence-corrected chi connectivity index (χ4v) is 3.04. The Kier molecular flexibility index (Phi) is 3.41. The Morgan fingerprint density at radius 1 is 1.33 bits per heavy atom. The summed E-state index contributed by atoms with van der Waals surface area (Å²) in [6.07, 6.45) is 3.15. The Bertz CT molecular complexity index is 692. The van der Waals surface area contributed by atoms with E-state index in [4.69, 9.17) is 0 Å². The molecule has 1 saturated heterocycles. The van der Waals surface area contributed by atoms with Gasteiger partial charge in [0.1, 0.15) is 6.04 Å². The lowest BCUT2D eigenvalue weighted by molar-refractivity contribution is -0.144. The predicted octanol–water partition coefficient (Wildman–Crippen LogP) is 2.49. The van der Waals surface area contributed by atoms with Crippen LogP contribution in [0.15, 0.2) is 30.5 Å². The quantitative estimate of drug-likeness (QED) is 0.890. The number of fused-ring (bicyclic) bond motifs is 1. The first-order valence-corrected chi connectivity index (χ1v) is 7.18. The molecule has 1 amide bonds. The standard InChI is InChI=1S/C16H18N2O3/c1-10-6-8-18(13(9-10)16(20)21)15(19)12-4-2-3-11-5-7-17-14(11)12/h2-5,7,10,13,17H,6,8-9H2,1H3,(H,20,21). The zero-order valence-electron chi connectivity index (χ0n) is 11.9. The second kappa shape index (κ2) is 5.24. The number of aromatic nitrogens is 1. The highest BCUT2D eigenvalue weighted by molar-refractivity contribution is 6.06. The molecular weight excluding hydrogens is 268 g/mol. The minimum absolute atomic E-state index is 0.206. The number of aromatic amines is 1. The number of carbonyl (C=O) groups excluding carboxylic acids is 1. The fourth-order valence-electron chi connectivity index (χ4n) is 3.04. The van der Waals surface area contributed by atoms with Crippen LogP contribution in [0, 0.1) is 5.92 Å². The predicted molar refractivity (Wildman–Crippen MR) is 79.2 cm³/mol. The third-order valence-electron chi connectivity index (χ3n) is 4.23. The molecule has 1 aliphatic heterocycles. The van der Waals surface area contributed by atoms with Gasteiger partial charge in [-0.25, -0.2) is 4.79 Å². The lowest BCUT2D eigenvalue weighted by Gasteiger charge is -2.36. The number of hydrogen-bond acceptors (Lipinski definition) is 2. The van der Waals surface area contributed by atoms with Crippen LogP contribution in [0.5, 0.6) is 0 Å². The van der Waals surface area contributed by atoms with Crippen LogP contribution in [-0.4, -0.2) is 39.5 Å². The lowest BCUT2D eigenvalue weighted by atomic mass is 9.91. The number of rotatable bonds is 2. The molecule has 1 aliphatic rings. The highest BCUT2D eigenvalue weighted by Gasteiger charge is 2.35. The van der Waals surface area contributed by atoms with Gasteiger partial charge >= 0.3 is 5.97 Å². The number of H-pyrrole nitrogens is 1. The first kappa shape index (κ1) is 13.7. The van der Waals surface area contributed by atoms with E-state index in [-0.39, 0.29) is 5.91 Å². The Hall–Kier alpha value is -2.30. The van der Waals surface area contributed by atoms with Crippen LogP contribution < -0.4 is 0 Å². The third-order valence-corrected chi connectivity index (χ3v) is 4.23. The third kappa shape index (κ3) is 2.39. The highest BCUT2D eigenvalue weighted by Crippen LogP contribution is 2.26. The van der Waals surface area contributed by atoms with Crippen LogP contribution in [0.1, 0.15) is 30.1 Å². The zero-order valence-corrected chi connectivity index (χ0v) is 11.9. The van der Waals surface area contributed by atoms with Gasteiger partial charge in [-0.1, -0.05) is 19.1 Å². The van der Waals surface area contributed by atoms with Crippen molar-refractivity contribution in [2.45, 2.75) is 25.8 Å². The summed E-state index contributed by atoms with van der Waals surface area (Å²) in [4.78, 5) is 28.8. The Morgan fingerprint density at radius 2 is 2.14 bits per heavy atom. The fraction of sp³-hybridized carbons (Fsp3) is 0.375. The SMILES string of the molecule is CC1CCN(C(=O)c2cccc3cc[nH]c23)C(C(=O)O)C1. The van der Waals surface area contributed by atoms with Crippen molar-refractivity contribution in [1.82, 2.24) is 9.88 Å². The molecule has 2 aromatic rings. The van der Waals surface area contributed by atoms with E-state index in [1.807, 2.05) is 25.1 Å². The maximum atomic E-state index is 12.8. The summed E-state index contributed by atoms with van der Waals surface area (Å²) in [5.41, 5.74) is 1.31.